The standard InChI is InChI=1S/C11H19N5O4/c1-15-10(18)9(14-16(2)11(15)19)13-5-4-8(17)12-6-7-20-3/h4-7H2,1-3H3,(H,12,17)(H,13,14). The number of ether oxygens (including phenoxy) is 1. The molecule has 1 aromatic rings. The average Bonchev–Trinajstić information content (AvgIpc) is 2.42. The Morgan fingerprint density at radius 3 is 2.65 bits per heavy atom. The van der Waals surface area contributed by atoms with Crippen molar-refractivity contribution in [3.8, 4) is 0 Å². The van der Waals surface area contributed by atoms with Crippen molar-refractivity contribution < 1.29 is 9.53 Å². The van der Waals surface area contributed by atoms with Gasteiger partial charge < -0.3 is 15.4 Å². The topological polar surface area (TPSA) is 107 Å². The maximum atomic E-state index is 11.7. The lowest BCUT2D eigenvalue weighted by molar-refractivity contribution is -0.121. The Bertz CT molecular complexity index is 577. The van der Waals surface area contributed by atoms with E-state index < -0.39 is 11.2 Å². The highest BCUT2D eigenvalue weighted by Crippen LogP contribution is 1.90. The number of carbonyl (C=O) groups is 1. The summed E-state index contributed by atoms with van der Waals surface area (Å²) in [5, 5.41) is 9.21. The minimum absolute atomic E-state index is 0.0410. The lowest BCUT2D eigenvalue weighted by atomic mass is 10.4. The monoisotopic (exact) mass is 285 g/mol. The molecule has 2 N–H and O–H groups in total. The highest BCUT2D eigenvalue weighted by molar-refractivity contribution is 5.76. The molecule has 0 unspecified atom stereocenters. The Morgan fingerprint density at radius 2 is 2.00 bits per heavy atom. The molecule has 0 saturated heterocycles. The normalized spacial score (nSPS) is 10.3. The van der Waals surface area contributed by atoms with Gasteiger partial charge in [0.05, 0.1) is 6.61 Å². The molecule has 0 bridgehead atoms. The van der Waals surface area contributed by atoms with Crippen molar-refractivity contribution >= 4 is 11.7 Å². The Hall–Kier alpha value is -2.16. The summed E-state index contributed by atoms with van der Waals surface area (Å²) >= 11 is 0. The maximum absolute atomic E-state index is 11.7. The number of carbonyl (C=O) groups excluding carboxylic acids is 1. The lowest BCUT2D eigenvalue weighted by Gasteiger charge is -2.08. The van der Waals surface area contributed by atoms with E-state index in [1.807, 2.05) is 0 Å². The van der Waals surface area contributed by atoms with Gasteiger partial charge in [-0.25, -0.2) is 9.48 Å². The van der Waals surface area contributed by atoms with Crippen molar-refractivity contribution in [2.75, 3.05) is 32.1 Å². The number of nitrogens with zero attached hydrogens (tertiary/aromatic N) is 3. The van der Waals surface area contributed by atoms with E-state index in [1.165, 1.54) is 14.1 Å². The van der Waals surface area contributed by atoms with Crippen LogP contribution in [-0.4, -0.2) is 47.1 Å². The second kappa shape index (κ2) is 7.43. The molecule has 0 aliphatic rings. The van der Waals surface area contributed by atoms with E-state index in [1.54, 1.807) is 7.11 Å². The fourth-order valence-electron chi connectivity index (χ4n) is 1.48. The summed E-state index contributed by atoms with van der Waals surface area (Å²) in [7, 11) is 4.37. The summed E-state index contributed by atoms with van der Waals surface area (Å²) in [6, 6.07) is 0. The van der Waals surface area contributed by atoms with Gasteiger partial charge >= 0.3 is 5.69 Å². The molecule has 9 heteroatoms. The molecule has 0 fully saturated rings. The van der Waals surface area contributed by atoms with Crippen LogP contribution < -0.4 is 21.9 Å². The number of aromatic nitrogens is 3. The molecule has 1 aromatic heterocycles. The van der Waals surface area contributed by atoms with Crippen LogP contribution in [0.2, 0.25) is 0 Å². The Morgan fingerprint density at radius 1 is 1.30 bits per heavy atom. The van der Waals surface area contributed by atoms with Crippen LogP contribution in [-0.2, 0) is 23.6 Å². The maximum Gasteiger partial charge on any atom is 0.346 e. The van der Waals surface area contributed by atoms with E-state index in [9.17, 15) is 14.4 Å². The van der Waals surface area contributed by atoms with Gasteiger partial charge in [0.15, 0.2) is 0 Å². The molecular weight excluding hydrogens is 266 g/mol. The van der Waals surface area contributed by atoms with Crippen molar-refractivity contribution in [1.29, 1.82) is 0 Å². The van der Waals surface area contributed by atoms with Crippen molar-refractivity contribution in [3.05, 3.63) is 20.8 Å². The fraction of sp³-hybridized carbons (Fsp3) is 0.636. The number of hydrogen-bond acceptors (Lipinski definition) is 6. The molecule has 0 aliphatic carbocycles. The summed E-state index contributed by atoms with van der Waals surface area (Å²) in [4.78, 5) is 34.6. The number of methoxy groups -OCH3 is 1. The van der Waals surface area contributed by atoms with Gasteiger partial charge in [0, 0.05) is 40.7 Å². The van der Waals surface area contributed by atoms with E-state index in [0.717, 1.165) is 9.25 Å². The quantitative estimate of drug-likeness (QED) is 0.564. The van der Waals surface area contributed by atoms with Crippen LogP contribution in [0, 0.1) is 0 Å². The van der Waals surface area contributed by atoms with Crippen LogP contribution in [0.4, 0.5) is 5.82 Å². The number of amides is 1. The number of hydrogen-bond donors (Lipinski definition) is 2. The van der Waals surface area contributed by atoms with Gasteiger partial charge in [-0.2, -0.15) is 0 Å². The van der Waals surface area contributed by atoms with Crippen LogP contribution in [0.1, 0.15) is 6.42 Å². The first-order valence-corrected chi connectivity index (χ1v) is 6.11. The average molecular weight is 285 g/mol. The first-order valence-electron chi connectivity index (χ1n) is 6.11. The molecule has 0 atom stereocenters. The van der Waals surface area contributed by atoms with Crippen LogP contribution >= 0.6 is 0 Å². The molecule has 9 nitrogen and oxygen atoms in total. The molecule has 0 aromatic carbocycles. The minimum Gasteiger partial charge on any atom is -0.383 e. The van der Waals surface area contributed by atoms with E-state index >= 15 is 0 Å². The minimum atomic E-state index is -0.520. The summed E-state index contributed by atoms with van der Waals surface area (Å²) in [5.41, 5.74) is -1.02. The highest BCUT2D eigenvalue weighted by atomic mass is 16.5. The van der Waals surface area contributed by atoms with E-state index in [-0.39, 0.29) is 24.7 Å². The van der Waals surface area contributed by atoms with Crippen molar-refractivity contribution in [2.45, 2.75) is 6.42 Å². The van der Waals surface area contributed by atoms with Crippen LogP contribution in [0.3, 0.4) is 0 Å². The molecule has 112 valence electrons. The highest BCUT2D eigenvalue weighted by Gasteiger charge is 2.08. The zero-order chi connectivity index (χ0) is 15.1. The predicted molar refractivity (Wildman–Crippen MR) is 72.7 cm³/mol. The van der Waals surface area contributed by atoms with Crippen molar-refractivity contribution in [2.24, 2.45) is 14.1 Å². The van der Waals surface area contributed by atoms with Crippen LogP contribution in [0.25, 0.3) is 0 Å². The number of nitrogens with one attached hydrogen (secondary N) is 2. The Kier molecular flexibility index (Phi) is 5.91. The zero-order valence-corrected chi connectivity index (χ0v) is 11.8. The number of anilines is 1. The van der Waals surface area contributed by atoms with Gasteiger partial charge in [-0.3, -0.25) is 14.2 Å². The second-order valence-electron chi connectivity index (χ2n) is 4.14. The SMILES string of the molecule is COCCNC(=O)CCNc1nn(C)c(=O)n(C)c1=O. The zero-order valence-electron chi connectivity index (χ0n) is 11.8. The van der Waals surface area contributed by atoms with Gasteiger partial charge in [-0.05, 0) is 0 Å². The second-order valence-corrected chi connectivity index (χ2v) is 4.14. The van der Waals surface area contributed by atoms with Crippen molar-refractivity contribution in [3.63, 3.8) is 0 Å². The van der Waals surface area contributed by atoms with E-state index in [2.05, 4.69) is 15.7 Å². The summed E-state index contributed by atoms with van der Waals surface area (Å²) in [6.07, 6.45) is 0.192. The molecule has 1 heterocycles. The smallest absolute Gasteiger partial charge is 0.346 e. The summed E-state index contributed by atoms with van der Waals surface area (Å²) in [6.45, 7) is 1.14. The molecular formula is C11H19N5O4. The fourth-order valence-corrected chi connectivity index (χ4v) is 1.48. The summed E-state index contributed by atoms with van der Waals surface area (Å²) in [5.74, 6) is -0.115. The van der Waals surface area contributed by atoms with Gasteiger partial charge in [-0.1, -0.05) is 0 Å². The summed E-state index contributed by atoms with van der Waals surface area (Å²) < 4.78 is 6.81. The molecule has 20 heavy (non-hydrogen) atoms. The van der Waals surface area contributed by atoms with Crippen LogP contribution in [0.5, 0.6) is 0 Å². The molecule has 0 spiro atoms. The van der Waals surface area contributed by atoms with Crippen LogP contribution in [0.15, 0.2) is 9.59 Å². The van der Waals surface area contributed by atoms with Crippen molar-refractivity contribution in [1.82, 2.24) is 19.7 Å². The van der Waals surface area contributed by atoms with Gasteiger partial charge in [0.2, 0.25) is 11.7 Å². The molecule has 0 aliphatic heterocycles. The van der Waals surface area contributed by atoms with Gasteiger partial charge in [0.1, 0.15) is 0 Å². The first-order chi connectivity index (χ1) is 9.47. The van der Waals surface area contributed by atoms with E-state index in [4.69, 9.17) is 4.74 Å². The molecule has 0 saturated carbocycles. The third-order valence-electron chi connectivity index (χ3n) is 2.59. The van der Waals surface area contributed by atoms with Gasteiger partial charge in [0.25, 0.3) is 5.56 Å². The lowest BCUT2D eigenvalue weighted by Crippen LogP contribution is -2.40. The number of rotatable bonds is 7. The third-order valence-corrected chi connectivity index (χ3v) is 2.59. The first kappa shape index (κ1) is 15.9. The number of aryl methyl sites for hydroxylation is 1. The third kappa shape index (κ3) is 4.19. The molecule has 1 amide bonds. The Labute approximate surface area is 115 Å². The van der Waals surface area contributed by atoms with E-state index in [0.29, 0.717) is 13.2 Å². The Balaban J connectivity index is 2.53. The molecule has 0 radical (unpaired) electrons. The largest absolute Gasteiger partial charge is 0.383 e. The predicted octanol–water partition coefficient (Wildman–Crippen LogP) is -1.96. The molecule has 1 rings (SSSR count). The van der Waals surface area contributed by atoms with Gasteiger partial charge in [-0.15, -0.1) is 5.10 Å².